The monoisotopic (exact) mass is 638 g/mol. The molecule has 0 fully saturated rings. The molecule has 4 aromatic carbocycles. The molecule has 0 aromatic heterocycles. The van der Waals surface area contributed by atoms with Crippen LogP contribution < -0.4 is 24.8 Å². The van der Waals surface area contributed by atoms with Crippen LogP contribution in [0, 0.1) is 5.92 Å². The van der Waals surface area contributed by atoms with E-state index in [0.29, 0.717) is 36.3 Å². The molecule has 47 heavy (non-hydrogen) atoms. The number of hydrogen-bond donors (Lipinski definition) is 3. The molecule has 3 N–H and O–H groups in total. The molecule has 244 valence electrons. The van der Waals surface area contributed by atoms with E-state index in [2.05, 4.69) is 10.6 Å². The average molecular weight is 639 g/mol. The second-order valence-corrected chi connectivity index (χ2v) is 10.7. The maximum atomic E-state index is 14.4. The number of ether oxygens (including phenoxy) is 3. The van der Waals surface area contributed by atoms with Gasteiger partial charge in [0, 0.05) is 36.3 Å². The van der Waals surface area contributed by atoms with Crippen LogP contribution in [0.2, 0.25) is 0 Å². The van der Waals surface area contributed by atoms with Gasteiger partial charge in [0.2, 0.25) is 5.91 Å². The van der Waals surface area contributed by atoms with Crippen LogP contribution in [0.5, 0.6) is 23.0 Å². The summed E-state index contributed by atoms with van der Waals surface area (Å²) in [5, 5.41) is 16.6. The Morgan fingerprint density at radius 3 is 1.85 bits per heavy atom. The van der Waals surface area contributed by atoms with E-state index in [0.717, 1.165) is 0 Å². The van der Waals surface area contributed by atoms with Gasteiger partial charge in [-0.3, -0.25) is 19.2 Å². The minimum Gasteiger partial charge on any atom is -0.507 e. The molecule has 0 saturated heterocycles. The summed E-state index contributed by atoms with van der Waals surface area (Å²) in [6, 6.07) is 26.5. The number of amides is 2. The Morgan fingerprint density at radius 2 is 1.26 bits per heavy atom. The fourth-order valence-electron chi connectivity index (χ4n) is 5.24. The van der Waals surface area contributed by atoms with E-state index < -0.39 is 35.1 Å². The highest BCUT2D eigenvalue weighted by Gasteiger charge is 2.42. The molecule has 0 unspecified atom stereocenters. The van der Waals surface area contributed by atoms with Gasteiger partial charge in [0.15, 0.2) is 11.6 Å². The fourth-order valence-corrected chi connectivity index (χ4v) is 5.24. The van der Waals surface area contributed by atoms with E-state index >= 15 is 0 Å². The summed E-state index contributed by atoms with van der Waals surface area (Å²) < 4.78 is 15.9. The molecular formula is C37H38N2O8. The zero-order valence-corrected chi connectivity index (χ0v) is 26.5. The van der Waals surface area contributed by atoms with E-state index in [1.807, 2.05) is 6.07 Å². The number of aromatic hydroxyl groups is 1. The Kier molecular flexibility index (Phi) is 12.1. The summed E-state index contributed by atoms with van der Waals surface area (Å²) in [7, 11) is 4.24. The van der Waals surface area contributed by atoms with Gasteiger partial charge in [0.25, 0.3) is 5.91 Å². The molecule has 0 radical (unpaired) electrons. The van der Waals surface area contributed by atoms with Crippen LogP contribution in [0.15, 0.2) is 97.1 Å². The molecule has 10 nitrogen and oxygen atoms in total. The van der Waals surface area contributed by atoms with Crippen molar-refractivity contribution in [2.24, 2.45) is 5.92 Å². The zero-order chi connectivity index (χ0) is 33.8. The quantitative estimate of drug-likeness (QED) is 0.0864. The molecule has 4 aromatic rings. The first-order chi connectivity index (χ1) is 22.8. The van der Waals surface area contributed by atoms with Crippen molar-refractivity contribution < 1.29 is 38.5 Å². The Labute approximate surface area is 273 Å². The summed E-state index contributed by atoms with van der Waals surface area (Å²) in [5.74, 6) is -4.70. The molecule has 4 rings (SSSR count). The van der Waals surface area contributed by atoms with Crippen molar-refractivity contribution >= 4 is 23.4 Å². The summed E-state index contributed by atoms with van der Waals surface area (Å²) in [4.78, 5) is 55.0. The van der Waals surface area contributed by atoms with Gasteiger partial charge in [-0.05, 0) is 54.8 Å². The SMILES string of the molecule is COc1ccc(C(=O)[C@@H](c2ccccc2)[C@@H](C(=O)NCCCCNC(=O)c2ccccc2)C(=O)c2c(O)cc(OC)cc2OC)cc1. The first-order valence-corrected chi connectivity index (χ1v) is 15.1. The third-order valence-corrected chi connectivity index (χ3v) is 7.70. The van der Waals surface area contributed by atoms with Crippen molar-refractivity contribution in [3.8, 4) is 23.0 Å². The van der Waals surface area contributed by atoms with Gasteiger partial charge >= 0.3 is 0 Å². The molecule has 0 bridgehead atoms. The minimum atomic E-state index is -1.59. The molecule has 0 saturated carbocycles. The highest BCUT2D eigenvalue weighted by molar-refractivity contribution is 6.18. The van der Waals surface area contributed by atoms with Gasteiger partial charge in [0.1, 0.15) is 34.5 Å². The summed E-state index contributed by atoms with van der Waals surface area (Å²) in [6.45, 7) is 0.555. The van der Waals surface area contributed by atoms with E-state index in [1.54, 1.807) is 78.9 Å². The number of benzene rings is 4. The molecule has 2 amide bonds. The third-order valence-electron chi connectivity index (χ3n) is 7.70. The second-order valence-electron chi connectivity index (χ2n) is 10.7. The number of nitrogens with one attached hydrogen (secondary N) is 2. The lowest BCUT2D eigenvalue weighted by atomic mass is 9.76. The number of rotatable bonds is 16. The van der Waals surface area contributed by atoms with Gasteiger partial charge in [-0.1, -0.05) is 48.5 Å². The van der Waals surface area contributed by atoms with Crippen molar-refractivity contribution in [3.05, 3.63) is 119 Å². The molecule has 0 heterocycles. The van der Waals surface area contributed by atoms with E-state index in [-0.39, 0.29) is 35.1 Å². The average Bonchev–Trinajstić information content (AvgIpc) is 3.11. The molecular weight excluding hydrogens is 600 g/mol. The molecule has 0 aliphatic heterocycles. The number of phenolic OH excluding ortho intramolecular Hbond substituents is 1. The fraction of sp³-hybridized carbons (Fsp3) is 0.243. The summed E-state index contributed by atoms with van der Waals surface area (Å²) >= 11 is 0. The van der Waals surface area contributed by atoms with Gasteiger partial charge < -0.3 is 30.0 Å². The number of carbonyl (C=O) groups is 4. The predicted octanol–water partition coefficient (Wildman–Crippen LogP) is 5.21. The third kappa shape index (κ3) is 8.55. The molecule has 0 spiro atoms. The number of methoxy groups -OCH3 is 3. The van der Waals surface area contributed by atoms with E-state index in [1.165, 1.54) is 33.5 Å². The van der Waals surface area contributed by atoms with Crippen LogP contribution in [-0.2, 0) is 4.79 Å². The van der Waals surface area contributed by atoms with Crippen LogP contribution in [0.3, 0.4) is 0 Å². The number of carbonyl (C=O) groups excluding carboxylic acids is 4. The number of phenols is 1. The topological polar surface area (TPSA) is 140 Å². The maximum absolute atomic E-state index is 14.4. The number of hydrogen-bond acceptors (Lipinski definition) is 8. The highest BCUT2D eigenvalue weighted by Crippen LogP contribution is 2.39. The second kappa shape index (κ2) is 16.6. The van der Waals surface area contributed by atoms with Crippen LogP contribution in [-0.4, -0.2) is 62.9 Å². The normalized spacial score (nSPS) is 11.9. The van der Waals surface area contributed by atoms with E-state index in [9.17, 15) is 24.3 Å². The van der Waals surface area contributed by atoms with Crippen LogP contribution >= 0.6 is 0 Å². The first-order valence-electron chi connectivity index (χ1n) is 15.1. The van der Waals surface area contributed by atoms with Crippen molar-refractivity contribution in [1.29, 1.82) is 0 Å². The lowest BCUT2D eigenvalue weighted by Crippen LogP contribution is -2.42. The molecule has 2 atom stereocenters. The largest absolute Gasteiger partial charge is 0.507 e. The van der Waals surface area contributed by atoms with Crippen molar-refractivity contribution in [3.63, 3.8) is 0 Å². The lowest BCUT2D eigenvalue weighted by Gasteiger charge is -2.26. The van der Waals surface area contributed by atoms with Gasteiger partial charge in [0.05, 0.1) is 27.2 Å². The standard InChI is InChI=1S/C37H38N2O8/c1-45-27-18-16-25(17-19-27)34(41)31(24-12-6-4-7-13-24)33(35(42)32-29(40)22-28(46-2)23-30(32)47-3)37(44)39-21-11-10-20-38-36(43)26-14-8-5-9-15-26/h4-9,12-19,22-23,31,33,40H,10-11,20-21H2,1-3H3,(H,38,43)(H,39,44)/t31-,33+/m0/s1. The van der Waals surface area contributed by atoms with Crippen LogP contribution in [0.4, 0.5) is 0 Å². The van der Waals surface area contributed by atoms with Crippen LogP contribution in [0.1, 0.15) is 55.4 Å². The molecule has 0 aliphatic rings. The van der Waals surface area contributed by atoms with Gasteiger partial charge in [-0.2, -0.15) is 0 Å². The van der Waals surface area contributed by atoms with Crippen molar-refractivity contribution in [2.75, 3.05) is 34.4 Å². The Morgan fingerprint density at radius 1 is 0.660 bits per heavy atom. The predicted molar refractivity (Wildman–Crippen MR) is 177 cm³/mol. The van der Waals surface area contributed by atoms with Crippen molar-refractivity contribution in [1.82, 2.24) is 10.6 Å². The Balaban J connectivity index is 1.63. The van der Waals surface area contributed by atoms with E-state index in [4.69, 9.17) is 14.2 Å². The Hall–Kier alpha value is -5.64. The summed E-state index contributed by atoms with van der Waals surface area (Å²) in [6.07, 6.45) is 1.04. The smallest absolute Gasteiger partial charge is 0.251 e. The Bertz CT molecular complexity index is 1670. The van der Waals surface area contributed by atoms with Gasteiger partial charge in [-0.25, -0.2) is 0 Å². The molecule has 0 aliphatic carbocycles. The minimum absolute atomic E-state index is 0.0116. The first kappa shape index (κ1) is 34.2. The zero-order valence-electron chi connectivity index (χ0n) is 26.5. The maximum Gasteiger partial charge on any atom is 0.251 e. The number of ketones is 2. The highest BCUT2D eigenvalue weighted by atomic mass is 16.5. The number of Topliss-reactive ketones (excluding diaryl/α,β-unsaturated/α-hetero) is 2. The van der Waals surface area contributed by atoms with Crippen molar-refractivity contribution in [2.45, 2.75) is 18.8 Å². The van der Waals surface area contributed by atoms with Crippen LogP contribution in [0.25, 0.3) is 0 Å². The molecule has 10 heteroatoms. The lowest BCUT2D eigenvalue weighted by molar-refractivity contribution is -0.123. The number of unbranched alkanes of at least 4 members (excludes halogenated alkanes) is 1. The van der Waals surface area contributed by atoms with Gasteiger partial charge in [-0.15, -0.1) is 0 Å². The summed E-state index contributed by atoms with van der Waals surface area (Å²) in [5.41, 5.74) is 1.01.